The smallest absolute Gasteiger partial charge is 0.324 e. The van der Waals surface area contributed by atoms with Crippen LogP contribution in [0.5, 0.6) is 5.75 Å². The van der Waals surface area contributed by atoms with Crippen molar-refractivity contribution in [3.05, 3.63) is 42.5 Å². The average Bonchev–Trinajstić information content (AvgIpc) is 2.16. The van der Waals surface area contributed by atoms with Crippen molar-refractivity contribution in [3.8, 4) is 5.75 Å². The molecule has 0 saturated carbocycles. The van der Waals surface area contributed by atoms with E-state index in [1.807, 2.05) is 0 Å². The first kappa shape index (κ1) is 18.0. The first-order valence-electron chi connectivity index (χ1n) is 3.64. The molecule has 0 aliphatic carbocycles. The number of rotatable bonds is 3. The topological polar surface area (TPSA) is 181 Å². The quantitative estimate of drug-likeness (QED) is 0.472. The number of phenols is 1. The molecule has 0 fully saturated rings. The van der Waals surface area contributed by atoms with Gasteiger partial charge in [-0.3, -0.25) is 30.3 Å². The number of non-ortho nitro benzene ring substituents is 1. The van der Waals surface area contributed by atoms with Gasteiger partial charge in [-0.2, -0.15) is 0 Å². The molecule has 102 valence electrons. The first-order valence-corrected chi connectivity index (χ1v) is 3.64. The summed E-state index contributed by atoms with van der Waals surface area (Å²) in [4.78, 5) is 27.8. The van der Waals surface area contributed by atoms with Crippen LogP contribution in [0.3, 0.4) is 0 Å². The third-order valence-electron chi connectivity index (χ3n) is 1.66. The van der Waals surface area contributed by atoms with Crippen LogP contribution in [-0.2, 0) is 16.5 Å². The maximum Gasteiger partial charge on any atom is 0.324 e. The SMILES string of the molecule is O.O=[N+]([O-])c1cc([N+](=O)[O-])c(O)c([N+](=O)[O-])c1.[Ni]. The fourth-order valence-electron chi connectivity index (χ4n) is 0.974. The van der Waals surface area contributed by atoms with Crippen molar-refractivity contribution in [1.82, 2.24) is 0 Å². The summed E-state index contributed by atoms with van der Waals surface area (Å²) in [5, 5.41) is 40.2. The Morgan fingerprint density at radius 2 is 1.22 bits per heavy atom. The molecule has 0 aliphatic heterocycles. The van der Waals surface area contributed by atoms with Gasteiger partial charge in [-0.25, -0.2) is 0 Å². The van der Waals surface area contributed by atoms with Gasteiger partial charge in [0.1, 0.15) is 0 Å². The molecule has 3 N–H and O–H groups in total. The number of hydrogen-bond donors (Lipinski definition) is 1. The standard InChI is InChI=1S/C6H3N3O7.Ni.H2O/c10-6-4(8(13)14)1-3(7(11)12)2-5(6)9(15)16;;/h1-2,10H;;1H2. The van der Waals surface area contributed by atoms with Crippen molar-refractivity contribution in [2.24, 2.45) is 0 Å². The third kappa shape index (κ3) is 3.33. The molecule has 1 aromatic carbocycles. The molecule has 0 bridgehead atoms. The Balaban J connectivity index is 0. The number of nitrogens with zero attached hydrogens (tertiary/aromatic N) is 3. The largest absolute Gasteiger partial charge is 0.497 e. The number of benzene rings is 1. The zero-order valence-electron chi connectivity index (χ0n) is 8.21. The fraction of sp³-hybridized carbons (Fsp3) is 0. The third-order valence-corrected chi connectivity index (χ3v) is 1.66. The second-order valence-corrected chi connectivity index (χ2v) is 2.60. The van der Waals surface area contributed by atoms with Crippen LogP contribution in [0.4, 0.5) is 17.1 Å². The molecule has 0 atom stereocenters. The van der Waals surface area contributed by atoms with Gasteiger partial charge in [-0.15, -0.1) is 0 Å². The minimum Gasteiger partial charge on any atom is -0.497 e. The summed E-state index contributed by atoms with van der Waals surface area (Å²) in [6, 6.07) is 0.894. The Hall–Kier alpha value is -2.33. The number of phenolic OH excluding ortho intramolecular Hbond substituents is 1. The molecule has 0 heterocycles. The summed E-state index contributed by atoms with van der Waals surface area (Å²) in [6.07, 6.45) is 0. The Kier molecular flexibility index (Phi) is 6.44. The predicted octanol–water partition coefficient (Wildman–Crippen LogP) is 0.290. The van der Waals surface area contributed by atoms with E-state index in [-0.39, 0.29) is 22.0 Å². The summed E-state index contributed by atoms with van der Waals surface area (Å²) < 4.78 is 0. The first-order chi connectivity index (χ1) is 7.34. The van der Waals surface area contributed by atoms with Crippen LogP contribution < -0.4 is 0 Å². The normalized spacial score (nSPS) is 8.67. The van der Waals surface area contributed by atoms with E-state index in [0.717, 1.165) is 0 Å². The van der Waals surface area contributed by atoms with Crippen LogP contribution in [0, 0.1) is 30.3 Å². The van der Waals surface area contributed by atoms with Crippen LogP contribution in [0.15, 0.2) is 12.1 Å². The maximum atomic E-state index is 10.4. The van der Waals surface area contributed by atoms with Gasteiger partial charge in [-0.05, 0) is 0 Å². The second kappa shape index (κ2) is 6.42. The molecule has 0 radical (unpaired) electrons. The number of nitro groups is 3. The molecule has 11 nitrogen and oxygen atoms in total. The van der Waals surface area contributed by atoms with Gasteiger partial charge in [0.05, 0.1) is 26.9 Å². The van der Waals surface area contributed by atoms with Crippen LogP contribution >= 0.6 is 0 Å². The van der Waals surface area contributed by atoms with E-state index in [1.54, 1.807) is 0 Å². The molecule has 0 unspecified atom stereocenters. The van der Waals surface area contributed by atoms with Crippen LogP contribution in [-0.4, -0.2) is 25.4 Å². The van der Waals surface area contributed by atoms with Gasteiger partial charge in [0.15, 0.2) is 0 Å². The van der Waals surface area contributed by atoms with Crippen molar-refractivity contribution in [2.75, 3.05) is 0 Å². The van der Waals surface area contributed by atoms with Crippen LogP contribution in [0.2, 0.25) is 0 Å². The Morgan fingerprint density at radius 1 is 0.889 bits per heavy atom. The molecule has 0 aromatic heterocycles. The second-order valence-electron chi connectivity index (χ2n) is 2.60. The number of hydrogen-bond acceptors (Lipinski definition) is 7. The zero-order chi connectivity index (χ0) is 12.5. The molecular formula is C6H5N3NiO8. The van der Waals surface area contributed by atoms with Gasteiger partial charge in [0, 0.05) is 16.5 Å². The van der Waals surface area contributed by atoms with E-state index in [0.29, 0.717) is 12.1 Å². The van der Waals surface area contributed by atoms with Crippen LogP contribution in [0.1, 0.15) is 0 Å². The molecule has 1 aromatic rings. The van der Waals surface area contributed by atoms with E-state index >= 15 is 0 Å². The Labute approximate surface area is 108 Å². The maximum absolute atomic E-state index is 10.4. The van der Waals surface area contributed by atoms with E-state index in [1.165, 1.54) is 0 Å². The summed E-state index contributed by atoms with van der Waals surface area (Å²) in [5.41, 5.74) is -3.00. The van der Waals surface area contributed by atoms with Gasteiger partial charge in [-0.1, -0.05) is 0 Å². The molecule has 0 spiro atoms. The Bertz CT molecular complexity index is 469. The summed E-state index contributed by atoms with van der Waals surface area (Å²) in [5.74, 6) is -1.21. The minimum atomic E-state index is -1.21. The number of nitro benzene ring substituents is 3. The van der Waals surface area contributed by atoms with Crippen molar-refractivity contribution >= 4 is 17.1 Å². The van der Waals surface area contributed by atoms with E-state index < -0.39 is 37.6 Å². The van der Waals surface area contributed by atoms with E-state index in [9.17, 15) is 30.3 Å². The van der Waals surface area contributed by atoms with E-state index in [2.05, 4.69) is 0 Å². The molecule has 12 heteroatoms. The molecule has 0 aliphatic rings. The van der Waals surface area contributed by atoms with Crippen molar-refractivity contribution in [3.63, 3.8) is 0 Å². The molecule has 18 heavy (non-hydrogen) atoms. The summed E-state index contributed by atoms with van der Waals surface area (Å²) in [6.45, 7) is 0. The predicted molar refractivity (Wildman–Crippen MR) is 51.7 cm³/mol. The molecule has 0 saturated heterocycles. The van der Waals surface area contributed by atoms with Crippen molar-refractivity contribution in [2.45, 2.75) is 0 Å². The van der Waals surface area contributed by atoms with Gasteiger partial charge in [0.2, 0.25) is 0 Å². The zero-order valence-corrected chi connectivity index (χ0v) is 9.20. The molecule has 1 rings (SSSR count). The Morgan fingerprint density at radius 3 is 1.44 bits per heavy atom. The molecular weight excluding hydrogens is 301 g/mol. The van der Waals surface area contributed by atoms with Crippen LogP contribution in [0.25, 0.3) is 0 Å². The van der Waals surface area contributed by atoms with Gasteiger partial charge in [0.25, 0.3) is 11.4 Å². The average molecular weight is 306 g/mol. The van der Waals surface area contributed by atoms with Gasteiger partial charge < -0.3 is 10.6 Å². The monoisotopic (exact) mass is 305 g/mol. The number of aromatic hydroxyl groups is 1. The molecule has 0 amide bonds. The minimum absolute atomic E-state index is 0. The van der Waals surface area contributed by atoms with Crippen molar-refractivity contribution < 1.29 is 41.8 Å². The van der Waals surface area contributed by atoms with Crippen molar-refractivity contribution in [1.29, 1.82) is 0 Å². The van der Waals surface area contributed by atoms with Gasteiger partial charge >= 0.3 is 11.4 Å². The fourth-order valence-corrected chi connectivity index (χ4v) is 0.974. The summed E-state index contributed by atoms with van der Waals surface area (Å²) in [7, 11) is 0. The summed E-state index contributed by atoms with van der Waals surface area (Å²) >= 11 is 0. The van der Waals surface area contributed by atoms with E-state index in [4.69, 9.17) is 5.11 Å².